The van der Waals surface area contributed by atoms with Gasteiger partial charge in [-0.3, -0.25) is 30.3 Å². The number of hydrogen-bond acceptors (Lipinski definition) is 12. The van der Waals surface area contributed by atoms with Gasteiger partial charge in [-0.2, -0.15) is 5.12 Å². The van der Waals surface area contributed by atoms with Gasteiger partial charge in [0.05, 0.1) is 0 Å². The van der Waals surface area contributed by atoms with Crippen molar-refractivity contribution in [2.24, 2.45) is 16.7 Å². The Bertz CT molecular complexity index is 396. The molecule has 0 aromatic carbocycles. The molecule has 0 unspecified atom stereocenters. The van der Waals surface area contributed by atoms with Gasteiger partial charge in [-0.15, -0.1) is 5.10 Å². The third-order valence-corrected chi connectivity index (χ3v) is 2.01. The molecule has 1 rings (SSSR count). The van der Waals surface area contributed by atoms with E-state index in [4.69, 9.17) is 11.6 Å². The van der Waals surface area contributed by atoms with Gasteiger partial charge < -0.3 is 5.73 Å². The number of nitrogens with two attached hydrogens (primary N) is 2. The van der Waals surface area contributed by atoms with Crippen LogP contribution >= 0.6 is 0 Å². The van der Waals surface area contributed by atoms with Crippen LogP contribution in [-0.4, -0.2) is 43.3 Å². The van der Waals surface area contributed by atoms with Crippen molar-refractivity contribution in [3.8, 4) is 0 Å². The lowest BCUT2D eigenvalue weighted by Gasteiger charge is -2.22. The summed E-state index contributed by atoms with van der Waals surface area (Å²) >= 11 is 0. The fourth-order valence-electron chi connectivity index (χ4n) is 1.02. The number of rotatable bonds is 5. The van der Waals surface area contributed by atoms with Crippen molar-refractivity contribution < 1.29 is 14.8 Å². The summed E-state index contributed by atoms with van der Waals surface area (Å²) in [5.74, 6) is 1.14. The molecule has 0 saturated carbocycles. The van der Waals surface area contributed by atoms with Crippen LogP contribution in [0.4, 0.5) is 0 Å². The highest BCUT2D eigenvalue weighted by Crippen LogP contribution is 2.15. The molecule has 0 aromatic heterocycles. The Balaban J connectivity index is 3.04. The fraction of sp³-hybridized carbons (Fsp3) is 0.667. The van der Waals surface area contributed by atoms with Crippen LogP contribution in [0.2, 0.25) is 0 Å². The molecule has 0 amide bonds. The highest BCUT2D eigenvalue weighted by Gasteiger charge is 2.72. The monoisotopic (exact) mass is 265 g/mol. The minimum atomic E-state index is -3.69. The Morgan fingerprint density at radius 3 is 1.94 bits per heavy atom. The molecule has 0 aromatic rings. The van der Waals surface area contributed by atoms with Gasteiger partial charge in [0.25, 0.3) is 6.54 Å². The van der Waals surface area contributed by atoms with E-state index >= 15 is 0 Å². The lowest BCUT2D eigenvalue weighted by molar-refractivity contribution is -0.969. The molecule has 0 atom stereocenters. The highest BCUT2D eigenvalue weighted by molar-refractivity contribution is 5.77. The molecule has 18 heavy (non-hydrogen) atoms. The number of hydrazine groups is 3. The summed E-state index contributed by atoms with van der Waals surface area (Å²) in [4.78, 5) is 26.9. The fourth-order valence-corrected chi connectivity index (χ4v) is 1.02. The zero-order valence-electron chi connectivity index (χ0n) is 8.49. The van der Waals surface area contributed by atoms with Gasteiger partial charge in [-0.25, -0.2) is 11.4 Å². The molecule has 0 spiro atoms. The molecule has 0 bridgehead atoms. The predicted molar refractivity (Wildman–Crippen MR) is 51.2 cm³/mol. The van der Waals surface area contributed by atoms with Crippen LogP contribution in [0.15, 0.2) is 5.10 Å². The minimum Gasteiger partial charge on any atom is -0.366 e. The summed E-state index contributed by atoms with van der Waals surface area (Å²) in [7, 11) is 0. The van der Waals surface area contributed by atoms with E-state index in [-0.39, 0.29) is 5.96 Å². The quantitative estimate of drug-likeness (QED) is 0.193. The maximum Gasteiger partial charge on any atom is 0.716 e. The van der Waals surface area contributed by atoms with Gasteiger partial charge in [0, 0.05) is 0 Å². The van der Waals surface area contributed by atoms with Crippen LogP contribution in [-0.2, 0) is 0 Å². The second-order valence-corrected chi connectivity index (χ2v) is 3.02. The van der Waals surface area contributed by atoms with Crippen LogP contribution in [0.25, 0.3) is 0 Å². The van der Waals surface area contributed by atoms with Crippen LogP contribution in [0.3, 0.4) is 0 Å². The van der Waals surface area contributed by atoms with Crippen molar-refractivity contribution in [1.82, 2.24) is 15.8 Å². The second kappa shape index (κ2) is 4.22. The number of guanidine groups is 1. The summed E-state index contributed by atoms with van der Waals surface area (Å²) in [6.45, 7) is -1.32. The summed E-state index contributed by atoms with van der Waals surface area (Å²) in [5.41, 5.74) is 7.11. The third-order valence-electron chi connectivity index (χ3n) is 2.01. The van der Waals surface area contributed by atoms with Crippen molar-refractivity contribution in [2.75, 3.05) is 6.54 Å². The number of nitrogens with zero attached hydrogens (tertiary/aromatic N) is 6. The molecule has 100 valence electrons. The molecule has 15 nitrogen and oxygen atoms in total. The molecule has 1 aliphatic rings. The summed E-state index contributed by atoms with van der Waals surface area (Å²) in [6.07, 6.45) is 0. The summed E-state index contributed by atoms with van der Waals surface area (Å²) in [5, 5.41) is 36.1. The van der Waals surface area contributed by atoms with E-state index in [1.807, 2.05) is 5.53 Å². The first-order chi connectivity index (χ1) is 8.23. The van der Waals surface area contributed by atoms with Crippen LogP contribution in [0.5, 0.6) is 0 Å². The standard InChI is InChI=1S/C3H7N9O6/c4-2-6-7-8(9(2)5)1-3(10(13)14,11(15)16)12(17)18/h7H,1,5H2,(H2,4,6). The zero-order valence-corrected chi connectivity index (χ0v) is 8.49. The molecule has 0 fully saturated rings. The predicted octanol–water partition coefficient (Wildman–Crippen LogP) is -3.39. The smallest absolute Gasteiger partial charge is 0.366 e. The molecular weight excluding hydrogens is 258 g/mol. The number of nitro groups is 3. The Labute approximate surface area is 96.9 Å². The van der Waals surface area contributed by atoms with Crippen molar-refractivity contribution in [1.29, 1.82) is 0 Å². The van der Waals surface area contributed by atoms with E-state index in [2.05, 4.69) is 5.10 Å². The maximum atomic E-state index is 10.6. The van der Waals surface area contributed by atoms with Crippen molar-refractivity contribution in [3.05, 3.63) is 30.3 Å². The van der Waals surface area contributed by atoms with Crippen LogP contribution in [0, 0.1) is 30.3 Å². The number of nitrogens with one attached hydrogen (secondary N) is 1. The second-order valence-electron chi connectivity index (χ2n) is 3.02. The first-order valence-electron chi connectivity index (χ1n) is 4.08. The van der Waals surface area contributed by atoms with E-state index < -0.39 is 27.1 Å². The molecule has 5 N–H and O–H groups in total. The number of hydrazone groups is 1. The summed E-state index contributed by atoms with van der Waals surface area (Å²) in [6, 6.07) is 0. The maximum absolute atomic E-state index is 10.6. The van der Waals surface area contributed by atoms with Crippen molar-refractivity contribution in [3.63, 3.8) is 0 Å². The van der Waals surface area contributed by atoms with E-state index in [9.17, 15) is 30.3 Å². The van der Waals surface area contributed by atoms with E-state index in [1.165, 1.54) is 0 Å². The third kappa shape index (κ3) is 1.78. The van der Waals surface area contributed by atoms with Gasteiger partial charge in [-0.05, 0) is 0 Å². The van der Waals surface area contributed by atoms with E-state index in [0.717, 1.165) is 0 Å². The molecular formula is C3H7N9O6. The molecule has 0 aliphatic carbocycles. The van der Waals surface area contributed by atoms with Gasteiger partial charge in [-0.1, -0.05) is 5.12 Å². The highest BCUT2D eigenvalue weighted by atomic mass is 16.7. The summed E-state index contributed by atoms with van der Waals surface area (Å²) < 4.78 is 0. The van der Waals surface area contributed by atoms with Crippen molar-refractivity contribution in [2.45, 2.75) is 5.79 Å². The zero-order chi connectivity index (χ0) is 14.1. The first kappa shape index (κ1) is 13.3. The average molecular weight is 265 g/mol. The molecule has 1 heterocycles. The lowest BCUT2D eigenvalue weighted by atomic mass is 10.4. The molecule has 1 aliphatic heterocycles. The molecule has 0 saturated heterocycles. The Morgan fingerprint density at radius 2 is 1.67 bits per heavy atom. The topological polar surface area (TPSA) is 212 Å². The van der Waals surface area contributed by atoms with Gasteiger partial charge in [0.1, 0.15) is 0 Å². The van der Waals surface area contributed by atoms with E-state index in [0.29, 0.717) is 10.2 Å². The minimum absolute atomic E-state index is 0.376. The Hall–Kier alpha value is -2.81. The molecule has 0 radical (unpaired) electrons. The van der Waals surface area contributed by atoms with Gasteiger partial charge >= 0.3 is 5.79 Å². The normalized spacial score (nSPS) is 16.1. The average Bonchev–Trinajstić information content (AvgIpc) is 2.55. The van der Waals surface area contributed by atoms with Crippen molar-refractivity contribution >= 4 is 5.96 Å². The van der Waals surface area contributed by atoms with E-state index in [1.54, 1.807) is 0 Å². The SMILES string of the molecule is NC1=NNN(CC([N+](=O)[O-])([N+](=O)[O-])[N+](=O)[O-])N1N. The Morgan fingerprint density at radius 1 is 1.22 bits per heavy atom. The largest absolute Gasteiger partial charge is 0.716 e. The molecule has 15 heteroatoms. The van der Waals surface area contributed by atoms with Crippen LogP contribution < -0.4 is 17.1 Å². The number of hydrogen-bond donors (Lipinski definition) is 3. The first-order valence-corrected chi connectivity index (χ1v) is 4.08. The lowest BCUT2D eigenvalue weighted by Crippen LogP contribution is -2.65. The van der Waals surface area contributed by atoms with Gasteiger partial charge in [0.15, 0.2) is 14.8 Å². The van der Waals surface area contributed by atoms with Gasteiger partial charge in [0.2, 0.25) is 5.96 Å². The van der Waals surface area contributed by atoms with Crippen LogP contribution in [0.1, 0.15) is 0 Å². The Kier molecular flexibility index (Phi) is 3.11.